The molecule has 4 rings (SSSR count). The summed E-state index contributed by atoms with van der Waals surface area (Å²) in [5.41, 5.74) is 0.715. The fraction of sp³-hybridized carbons (Fsp3) is 0.476. The van der Waals surface area contributed by atoms with Gasteiger partial charge in [-0.3, -0.25) is 4.79 Å². The van der Waals surface area contributed by atoms with Gasteiger partial charge >= 0.3 is 6.09 Å². The van der Waals surface area contributed by atoms with Gasteiger partial charge in [0.1, 0.15) is 16.9 Å². The van der Waals surface area contributed by atoms with Crippen molar-refractivity contribution >= 4 is 44.1 Å². The summed E-state index contributed by atoms with van der Waals surface area (Å²) in [6.07, 6.45) is 2.16. The third kappa shape index (κ3) is 3.66. The number of halogens is 1. The Morgan fingerprint density at radius 1 is 1.28 bits per heavy atom. The number of nitrogens with zero attached hydrogens (tertiary/aromatic N) is 2. The van der Waals surface area contributed by atoms with Crippen molar-refractivity contribution in [2.45, 2.75) is 64.0 Å². The molecular formula is C21H24BrN3O4. The van der Waals surface area contributed by atoms with Gasteiger partial charge in [-0.25, -0.2) is 9.78 Å². The van der Waals surface area contributed by atoms with Gasteiger partial charge in [-0.15, -0.1) is 0 Å². The Morgan fingerprint density at radius 3 is 2.59 bits per heavy atom. The van der Waals surface area contributed by atoms with Gasteiger partial charge in [0.2, 0.25) is 5.58 Å². The summed E-state index contributed by atoms with van der Waals surface area (Å²) in [6.45, 7) is 5.76. The first-order chi connectivity index (χ1) is 13.6. The highest BCUT2D eigenvalue weighted by atomic mass is 79.9. The smallest absolute Gasteiger partial charge is 0.407 e. The summed E-state index contributed by atoms with van der Waals surface area (Å²) >= 11 is 3.46. The minimum Gasteiger partial charge on any atom is -0.465 e. The lowest BCUT2D eigenvalue weighted by Crippen LogP contribution is -2.52. The predicted molar refractivity (Wildman–Crippen MR) is 114 cm³/mol. The molecule has 2 N–H and O–H groups in total. The second kappa shape index (κ2) is 7.16. The zero-order valence-corrected chi connectivity index (χ0v) is 18.2. The fourth-order valence-electron chi connectivity index (χ4n) is 4.43. The molecule has 3 aromatic rings. The maximum Gasteiger partial charge on any atom is 0.407 e. The topological polar surface area (TPSA) is 99.4 Å². The Labute approximate surface area is 176 Å². The Morgan fingerprint density at radius 2 is 1.97 bits per heavy atom. The van der Waals surface area contributed by atoms with Crippen molar-refractivity contribution in [2.75, 3.05) is 0 Å². The molecule has 1 fully saturated rings. The lowest BCUT2D eigenvalue weighted by Gasteiger charge is -2.42. The van der Waals surface area contributed by atoms with Crippen molar-refractivity contribution in [3.8, 4) is 0 Å². The van der Waals surface area contributed by atoms with E-state index >= 15 is 0 Å². The van der Waals surface area contributed by atoms with Crippen LogP contribution in [0, 0.1) is 0 Å². The number of nitrogens with one attached hydrogen (secondary N) is 1. The highest BCUT2D eigenvalue weighted by Gasteiger charge is 2.36. The number of carboxylic acid groups (broad SMARTS) is 1. The Hall–Kier alpha value is -2.35. The number of benzene rings is 1. The zero-order chi connectivity index (χ0) is 20.9. The highest BCUT2D eigenvalue weighted by Crippen LogP contribution is 2.36. The summed E-state index contributed by atoms with van der Waals surface area (Å²) in [5.74, 6) is 0.748. The van der Waals surface area contributed by atoms with Crippen LogP contribution in [0.3, 0.4) is 0 Å². The molecule has 2 aromatic heterocycles. The molecular weight excluding hydrogens is 438 g/mol. The molecule has 2 heterocycles. The molecule has 1 aliphatic rings. The van der Waals surface area contributed by atoms with Crippen LogP contribution in [0.5, 0.6) is 0 Å². The number of rotatable bonds is 2. The quantitative estimate of drug-likeness (QED) is 0.543. The van der Waals surface area contributed by atoms with E-state index in [1.54, 1.807) is 4.90 Å². The minimum atomic E-state index is -0.885. The average molecular weight is 462 g/mol. The number of hydrogen-bond acceptors (Lipinski definition) is 4. The van der Waals surface area contributed by atoms with E-state index in [1.165, 1.54) is 0 Å². The molecule has 0 bridgehead atoms. The molecule has 7 nitrogen and oxygen atoms in total. The van der Waals surface area contributed by atoms with E-state index in [0.717, 1.165) is 35.5 Å². The molecule has 0 spiro atoms. The van der Waals surface area contributed by atoms with E-state index in [9.17, 15) is 14.7 Å². The molecule has 1 aliphatic carbocycles. The van der Waals surface area contributed by atoms with Crippen LogP contribution in [-0.4, -0.2) is 37.6 Å². The van der Waals surface area contributed by atoms with Gasteiger partial charge in [-0.1, -0.05) is 15.9 Å². The number of aromatic amines is 1. The molecule has 1 aromatic carbocycles. The molecule has 1 saturated carbocycles. The van der Waals surface area contributed by atoms with Gasteiger partial charge in [-0.2, -0.15) is 0 Å². The third-order valence-corrected chi connectivity index (χ3v) is 6.17. The first-order valence-corrected chi connectivity index (χ1v) is 10.6. The lowest BCUT2D eigenvalue weighted by molar-refractivity contribution is 0.0543. The average Bonchev–Trinajstić information content (AvgIpc) is 2.99. The van der Waals surface area contributed by atoms with Crippen LogP contribution in [-0.2, 0) is 0 Å². The minimum absolute atomic E-state index is 0.0232. The maximum atomic E-state index is 12.6. The third-order valence-electron chi connectivity index (χ3n) is 5.68. The van der Waals surface area contributed by atoms with Gasteiger partial charge in [-0.05, 0) is 64.7 Å². The maximum absolute atomic E-state index is 12.6. The first kappa shape index (κ1) is 19.9. The second-order valence-corrected chi connectivity index (χ2v) is 9.62. The van der Waals surface area contributed by atoms with Crippen molar-refractivity contribution in [3.63, 3.8) is 0 Å². The van der Waals surface area contributed by atoms with Crippen molar-refractivity contribution in [3.05, 3.63) is 38.9 Å². The van der Waals surface area contributed by atoms with E-state index in [1.807, 2.05) is 39.0 Å². The number of furan rings is 1. The van der Waals surface area contributed by atoms with Gasteiger partial charge < -0.3 is 19.4 Å². The number of hydrogen-bond donors (Lipinski definition) is 2. The number of fused-ring (bicyclic) bond motifs is 3. The summed E-state index contributed by atoms with van der Waals surface area (Å²) in [4.78, 5) is 33.6. The van der Waals surface area contributed by atoms with Crippen LogP contribution in [0.2, 0.25) is 0 Å². The van der Waals surface area contributed by atoms with Crippen molar-refractivity contribution < 1.29 is 14.3 Å². The Kier molecular flexibility index (Phi) is 4.93. The fourth-order valence-corrected chi connectivity index (χ4v) is 4.80. The normalized spacial score (nSPS) is 20.3. The SMILES string of the molecule is CC(C)(C)N(C(=O)O)C1CCC(c2nc3c(oc4ccc(Br)cc43)c(=O)[nH]2)CC1. The molecule has 154 valence electrons. The molecule has 8 heteroatoms. The van der Waals surface area contributed by atoms with Crippen LogP contribution in [0.4, 0.5) is 4.79 Å². The first-order valence-electron chi connectivity index (χ1n) is 9.79. The standard InChI is InChI=1S/C21H24BrN3O4/c1-21(2,3)25(20(27)28)13-7-4-11(5-8-13)18-23-16-14-10-12(22)6-9-15(14)29-17(16)19(26)24-18/h6,9-11,13H,4-5,7-8H2,1-3H3,(H,27,28)(H,23,24,26). The van der Waals surface area contributed by atoms with Crippen LogP contribution in [0.15, 0.2) is 31.9 Å². The summed E-state index contributed by atoms with van der Waals surface area (Å²) in [5, 5.41) is 10.5. The lowest BCUT2D eigenvalue weighted by atomic mass is 9.83. The monoisotopic (exact) mass is 461 g/mol. The Balaban J connectivity index is 1.63. The number of aromatic nitrogens is 2. The van der Waals surface area contributed by atoms with E-state index in [0.29, 0.717) is 16.9 Å². The van der Waals surface area contributed by atoms with Crippen LogP contribution in [0.1, 0.15) is 58.2 Å². The predicted octanol–water partition coefficient (Wildman–Crippen LogP) is 5.24. The molecule has 0 unspecified atom stereocenters. The van der Waals surface area contributed by atoms with Crippen molar-refractivity contribution in [2.24, 2.45) is 0 Å². The second-order valence-electron chi connectivity index (χ2n) is 8.70. The summed E-state index contributed by atoms with van der Waals surface area (Å²) in [7, 11) is 0. The molecule has 0 aliphatic heterocycles. The van der Waals surface area contributed by atoms with E-state index in [4.69, 9.17) is 9.40 Å². The molecule has 1 amide bonds. The van der Waals surface area contributed by atoms with E-state index in [2.05, 4.69) is 20.9 Å². The molecule has 29 heavy (non-hydrogen) atoms. The van der Waals surface area contributed by atoms with Crippen LogP contribution >= 0.6 is 15.9 Å². The zero-order valence-electron chi connectivity index (χ0n) is 16.7. The van der Waals surface area contributed by atoms with Gasteiger partial charge in [0.15, 0.2) is 0 Å². The van der Waals surface area contributed by atoms with Gasteiger partial charge in [0.05, 0.1) is 0 Å². The number of H-pyrrole nitrogens is 1. The highest BCUT2D eigenvalue weighted by molar-refractivity contribution is 9.10. The van der Waals surface area contributed by atoms with Crippen molar-refractivity contribution in [1.29, 1.82) is 0 Å². The van der Waals surface area contributed by atoms with Crippen molar-refractivity contribution in [1.82, 2.24) is 14.9 Å². The largest absolute Gasteiger partial charge is 0.465 e. The summed E-state index contributed by atoms with van der Waals surface area (Å²) in [6, 6.07) is 5.57. The van der Waals surface area contributed by atoms with Gasteiger partial charge in [0.25, 0.3) is 5.56 Å². The molecule has 0 atom stereocenters. The van der Waals surface area contributed by atoms with E-state index in [-0.39, 0.29) is 23.1 Å². The summed E-state index contributed by atoms with van der Waals surface area (Å²) < 4.78 is 6.59. The van der Waals surface area contributed by atoms with E-state index < -0.39 is 11.6 Å². The molecule has 0 radical (unpaired) electrons. The van der Waals surface area contributed by atoms with Crippen LogP contribution < -0.4 is 5.56 Å². The number of carbonyl (C=O) groups is 1. The number of amides is 1. The van der Waals surface area contributed by atoms with Gasteiger partial charge in [0, 0.05) is 27.4 Å². The molecule has 0 saturated heterocycles. The Bertz CT molecular complexity index is 1140. The van der Waals surface area contributed by atoms with Crippen LogP contribution in [0.25, 0.3) is 22.1 Å².